The van der Waals surface area contributed by atoms with Crippen molar-refractivity contribution < 1.29 is 19.5 Å². The van der Waals surface area contributed by atoms with Gasteiger partial charge in [-0.2, -0.15) is 0 Å². The van der Waals surface area contributed by atoms with Crippen molar-refractivity contribution in [2.75, 3.05) is 10.7 Å². The lowest BCUT2D eigenvalue weighted by Crippen LogP contribution is -2.35. The summed E-state index contributed by atoms with van der Waals surface area (Å²) >= 11 is 7.12. The van der Waals surface area contributed by atoms with Crippen LogP contribution in [-0.2, 0) is 14.4 Å². The summed E-state index contributed by atoms with van der Waals surface area (Å²) in [5, 5.41) is 8.62. The van der Waals surface area contributed by atoms with Gasteiger partial charge in [0.1, 0.15) is 6.04 Å². The van der Waals surface area contributed by atoms with Crippen LogP contribution in [0, 0.1) is 6.92 Å². The molecule has 0 radical (unpaired) electrons. The van der Waals surface area contributed by atoms with Crippen LogP contribution in [0.1, 0.15) is 12.0 Å². The summed E-state index contributed by atoms with van der Waals surface area (Å²) in [6.45, 7) is 1.74. The SMILES string of the molecule is Cc1c(Cl)cccc1N1C(=O)CC(SCC(N)C(=O)O)C1=O. The minimum atomic E-state index is -1.13. The summed E-state index contributed by atoms with van der Waals surface area (Å²) in [5.74, 6) is -1.75. The molecule has 1 aromatic rings. The summed E-state index contributed by atoms with van der Waals surface area (Å²) < 4.78 is 0. The Morgan fingerprint density at radius 2 is 2.23 bits per heavy atom. The van der Waals surface area contributed by atoms with E-state index in [4.69, 9.17) is 22.4 Å². The quantitative estimate of drug-likeness (QED) is 0.785. The Bertz CT molecular complexity index is 637. The Kier molecular flexibility index (Phi) is 5.10. The first-order valence-electron chi connectivity index (χ1n) is 6.54. The van der Waals surface area contributed by atoms with Crippen LogP contribution in [0.15, 0.2) is 18.2 Å². The number of carbonyl (C=O) groups is 3. The van der Waals surface area contributed by atoms with Gasteiger partial charge in [0.2, 0.25) is 11.8 Å². The van der Waals surface area contributed by atoms with E-state index in [-0.39, 0.29) is 24.0 Å². The zero-order valence-electron chi connectivity index (χ0n) is 11.8. The van der Waals surface area contributed by atoms with E-state index < -0.39 is 17.3 Å². The maximum Gasteiger partial charge on any atom is 0.321 e. The first kappa shape index (κ1) is 16.8. The Morgan fingerprint density at radius 3 is 2.86 bits per heavy atom. The highest BCUT2D eigenvalue weighted by atomic mass is 35.5. The molecule has 0 saturated carbocycles. The molecule has 3 N–H and O–H groups in total. The number of imide groups is 1. The van der Waals surface area contributed by atoms with Crippen LogP contribution in [0.5, 0.6) is 0 Å². The van der Waals surface area contributed by atoms with Crippen LogP contribution in [0.3, 0.4) is 0 Å². The summed E-state index contributed by atoms with van der Waals surface area (Å²) in [4.78, 5) is 36.4. The third kappa shape index (κ3) is 3.26. The van der Waals surface area contributed by atoms with Crippen molar-refractivity contribution in [1.29, 1.82) is 0 Å². The molecule has 0 aliphatic carbocycles. The first-order chi connectivity index (χ1) is 10.3. The van der Waals surface area contributed by atoms with E-state index >= 15 is 0 Å². The Morgan fingerprint density at radius 1 is 1.55 bits per heavy atom. The molecule has 0 bridgehead atoms. The zero-order chi connectivity index (χ0) is 16.4. The molecule has 0 aromatic heterocycles. The highest BCUT2D eigenvalue weighted by Crippen LogP contribution is 2.33. The van der Waals surface area contributed by atoms with E-state index in [1.807, 2.05) is 0 Å². The molecule has 1 saturated heterocycles. The average molecular weight is 343 g/mol. The number of benzene rings is 1. The molecule has 2 amide bonds. The number of aliphatic carboxylic acids is 1. The maximum atomic E-state index is 12.4. The number of anilines is 1. The van der Waals surface area contributed by atoms with Crippen LogP contribution in [-0.4, -0.2) is 39.9 Å². The largest absolute Gasteiger partial charge is 0.480 e. The van der Waals surface area contributed by atoms with E-state index in [2.05, 4.69) is 0 Å². The van der Waals surface area contributed by atoms with Crippen molar-refractivity contribution >= 4 is 46.8 Å². The van der Waals surface area contributed by atoms with Gasteiger partial charge in [-0.3, -0.25) is 14.4 Å². The Balaban J connectivity index is 2.15. The molecule has 2 unspecified atom stereocenters. The van der Waals surface area contributed by atoms with Gasteiger partial charge in [0.05, 0.1) is 10.9 Å². The van der Waals surface area contributed by atoms with E-state index in [9.17, 15) is 14.4 Å². The fourth-order valence-corrected chi connectivity index (χ4v) is 3.38. The summed E-state index contributed by atoms with van der Waals surface area (Å²) in [6.07, 6.45) is 0.0296. The molecule has 6 nitrogen and oxygen atoms in total. The molecule has 22 heavy (non-hydrogen) atoms. The highest BCUT2D eigenvalue weighted by molar-refractivity contribution is 8.00. The van der Waals surface area contributed by atoms with Gasteiger partial charge in [-0.15, -0.1) is 11.8 Å². The zero-order valence-corrected chi connectivity index (χ0v) is 13.4. The van der Waals surface area contributed by atoms with Gasteiger partial charge in [0.15, 0.2) is 0 Å². The maximum absolute atomic E-state index is 12.4. The van der Waals surface area contributed by atoms with Gasteiger partial charge in [-0.05, 0) is 24.6 Å². The molecule has 0 spiro atoms. The predicted molar refractivity (Wildman–Crippen MR) is 85.2 cm³/mol. The topological polar surface area (TPSA) is 101 Å². The fourth-order valence-electron chi connectivity index (χ4n) is 2.12. The van der Waals surface area contributed by atoms with Crippen LogP contribution in [0.2, 0.25) is 5.02 Å². The van der Waals surface area contributed by atoms with Crippen molar-refractivity contribution in [2.45, 2.75) is 24.6 Å². The van der Waals surface area contributed by atoms with Crippen molar-refractivity contribution in [3.8, 4) is 0 Å². The van der Waals surface area contributed by atoms with E-state index in [0.29, 0.717) is 16.3 Å². The number of hydrogen-bond acceptors (Lipinski definition) is 5. The van der Waals surface area contributed by atoms with Crippen molar-refractivity contribution in [2.24, 2.45) is 5.73 Å². The van der Waals surface area contributed by atoms with Gasteiger partial charge in [0.25, 0.3) is 0 Å². The minimum Gasteiger partial charge on any atom is -0.480 e. The average Bonchev–Trinajstić information content (AvgIpc) is 2.74. The second kappa shape index (κ2) is 6.68. The van der Waals surface area contributed by atoms with E-state index in [1.165, 1.54) is 0 Å². The number of hydrogen-bond donors (Lipinski definition) is 2. The normalized spacial score (nSPS) is 19.6. The molecule has 1 aliphatic heterocycles. The van der Waals surface area contributed by atoms with Gasteiger partial charge in [0, 0.05) is 17.2 Å². The molecule has 2 atom stereocenters. The number of carboxylic acid groups (broad SMARTS) is 1. The molecule has 1 aliphatic rings. The smallest absolute Gasteiger partial charge is 0.321 e. The molecule has 1 heterocycles. The van der Waals surface area contributed by atoms with Crippen molar-refractivity contribution in [3.05, 3.63) is 28.8 Å². The van der Waals surface area contributed by atoms with Crippen molar-refractivity contribution in [3.63, 3.8) is 0 Å². The monoisotopic (exact) mass is 342 g/mol. The molecular formula is C14H15ClN2O4S. The standard InChI is InChI=1S/C14H15ClN2O4S/c1-7-8(15)3-2-4-10(7)17-12(18)5-11(13(17)19)22-6-9(16)14(20)21/h2-4,9,11H,5-6,16H2,1H3,(H,20,21). The van der Waals surface area contributed by atoms with Crippen molar-refractivity contribution in [1.82, 2.24) is 0 Å². The van der Waals surface area contributed by atoms with Gasteiger partial charge < -0.3 is 10.8 Å². The predicted octanol–water partition coefficient (Wildman–Crippen LogP) is 1.43. The lowest BCUT2D eigenvalue weighted by atomic mass is 10.2. The number of thioether (sulfide) groups is 1. The number of rotatable bonds is 5. The number of carboxylic acids is 1. The number of amides is 2. The molecule has 2 rings (SSSR count). The molecule has 118 valence electrons. The summed E-state index contributed by atoms with van der Waals surface area (Å²) in [7, 11) is 0. The van der Waals surface area contributed by atoms with Gasteiger partial charge in [-0.1, -0.05) is 17.7 Å². The number of carbonyl (C=O) groups excluding carboxylic acids is 2. The first-order valence-corrected chi connectivity index (χ1v) is 7.97. The van der Waals surface area contributed by atoms with Crippen LogP contribution >= 0.6 is 23.4 Å². The third-order valence-corrected chi connectivity index (χ3v) is 5.11. The second-order valence-corrected chi connectivity index (χ2v) is 6.57. The molecule has 1 aromatic carbocycles. The molecule has 1 fully saturated rings. The molecular weight excluding hydrogens is 328 g/mol. The molecule has 8 heteroatoms. The number of nitrogens with two attached hydrogens (primary N) is 1. The van der Waals surface area contributed by atoms with Crippen LogP contribution < -0.4 is 10.6 Å². The van der Waals surface area contributed by atoms with Gasteiger partial charge in [-0.25, -0.2) is 4.90 Å². The number of halogens is 1. The third-order valence-electron chi connectivity index (χ3n) is 3.38. The lowest BCUT2D eigenvalue weighted by molar-refractivity contribution is -0.138. The van der Waals surface area contributed by atoms with E-state index in [1.54, 1.807) is 25.1 Å². The summed E-state index contributed by atoms with van der Waals surface area (Å²) in [5.41, 5.74) is 6.53. The highest BCUT2D eigenvalue weighted by Gasteiger charge is 2.40. The van der Waals surface area contributed by atoms with Crippen LogP contribution in [0.4, 0.5) is 5.69 Å². The summed E-state index contributed by atoms with van der Waals surface area (Å²) in [6, 6.07) is 3.96. The van der Waals surface area contributed by atoms with E-state index in [0.717, 1.165) is 16.7 Å². The Hall–Kier alpha value is -1.57. The second-order valence-electron chi connectivity index (χ2n) is 4.92. The van der Waals surface area contributed by atoms with Crippen LogP contribution in [0.25, 0.3) is 0 Å². The Labute approximate surface area is 136 Å². The lowest BCUT2D eigenvalue weighted by Gasteiger charge is -2.18. The minimum absolute atomic E-state index is 0.0296. The fraction of sp³-hybridized carbons (Fsp3) is 0.357. The van der Waals surface area contributed by atoms with Gasteiger partial charge >= 0.3 is 5.97 Å². The number of nitrogens with zero attached hydrogens (tertiary/aromatic N) is 1.